The van der Waals surface area contributed by atoms with Gasteiger partial charge in [-0.2, -0.15) is 0 Å². The second-order valence-corrected chi connectivity index (χ2v) is 9.67. The van der Waals surface area contributed by atoms with E-state index in [0.717, 1.165) is 30.8 Å². The first kappa shape index (κ1) is 22.5. The Labute approximate surface area is 197 Å². The summed E-state index contributed by atoms with van der Waals surface area (Å²) in [6.07, 6.45) is 2.69. The molecule has 0 saturated carbocycles. The average Bonchev–Trinajstić information content (AvgIpc) is 3.45. The van der Waals surface area contributed by atoms with Crippen molar-refractivity contribution in [2.45, 2.75) is 50.2 Å². The van der Waals surface area contributed by atoms with Crippen molar-refractivity contribution in [1.29, 1.82) is 0 Å². The fourth-order valence-corrected chi connectivity index (χ4v) is 5.62. The fraction of sp³-hybridized carbons (Fsp3) is 0.542. The molecular formula is C24H28ClF2N5O. The molecule has 0 radical (unpaired) electrons. The molecule has 1 amide bonds. The number of anilines is 1. The van der Waals surface area contributed by atoms with Crippen LogP contribution in [0.2, 0.25) is 5.02 Å². The summed E-state index contributed by atoms with van der Waals surface area (Å²) < 4.78 is 28.5. The van der Waals surface area contributed by atoms with Crippen molar-refractivity contribution in [3.05, 3.63) is 52.2 Å². The number of carbonyl (C=O) groups is 1. The zero-order chi connectivity index (χ0) is 23.1. The number of aromatic nitrogens is 2. The Bertz CT molecular complexity index is 1040. The monoisotopic (exact) mass is 475 g/mol. The Morgan fingerprint density at radius 1 is 1.24 bits per heavy atom. The zero-order valence-electron chi connectivity index (χ0n) is 18.6. The van der Waals surface area contributed by atoms with Crippen molar-refractivity contribution < 1.29 is 13.6 Å². The van der Waals surface area contributed by atoms with E-state index in [1.165, 1.54) is 18.5 Å². The highest BCUT2D eigenvalue weighted by Gasteiger charge is 2.38. The van der Waals surface area contributed by atoms with Crippen LogP contribution in [-0.2, 0) is 4.79 Å². The molecule has 1 N–H and O–H groups in total. The minimum Gasteiger partial charge on any atom is -0.353 e. The van der Waals surface area contributed by atoms with Gasteiger partial charge in [-0.15, -0.1) is 0 Å². The van der Waals surface area contributed by atoms with Crippen LogP contribution < -0.4 is 10.2 Å². The number of nitrogens with one attached hydrogen (secondary N) is 1. The number of piperazine rings is 1. The van der Waals surface area contributed by atoms with Crippen molar-refractivity contribution in [1.82, 2.24) is 20.2 Å². The summed E-state index contributed by atoms with van der Waals surface area (Å²) in [5.41, 5.74) is 2.05. The Morgan fingerprint density at radius 3 is 2.73 bits per heavy atom. The Hall–Kier alpha value is -2.32. The summed E-state index contributed by atoms with van der Waals surface area (Å²) in [6, 6.07) is 4.64. The summed E-state index contributed by atoms with van der Waals surface area (Å²) in [4.78, 5) is 26.3. The van der Waals surface area contributed by atoms with E-state index in [2.05, 4.69) is 20.2 Å². The number of amides is 1. The van der Waals surface area contributed by atoms with Gasteiger partial charge in [-0.05, 0) is 49.4 Å². The maximum atomic E-state index is 14.3. The lowest BCUT2D eigenvalue weighted by atomic mass is 9.88. The maximum Gasteiger partial charge on any atom is 0.231 e. The molecule has 3 aliphatic rings. The predicted molar refractivity (Wildman–Crippen MR) is 123 cm³/mol. The quantitative estimate of drug-likeness (QED) is 0.725. The van der Waals surface area contributed by atoms with Crippen molar-refractivity contribution in [3.8, 4) is 0 Å². The lowest BCUT2D eigenvalue weighted by molar-refractivity contribution is -0.133. The number of hydrogen-bond acceptors (Lipinski definition) is 5. The summed E-state index contributed by atoms with van der Waals surface area (Å²) in [6.45, 7) is 5.15. The van der Waals surface area contributed by atoms with Crippen molar-refractivity contribution >= 4 is 23.3 Å². The second kappa shape index (κ2) is 9.14. The van der Waals surface area contributed by atoms with E-state index in [9.17, 15) is 13.6 Å². The number of benzene rings is 1. The Morgan fingerprint density at radius 2 is 2.03 bits per heavy atom. The summed E-state index contributed by atoms with van der Waals surface area (Å²) in [7, 11) is 0. The van der Waals surface area contributed by atoms with E-state index in [4.69, 9.17) is 11.6 Å². The van der Waals surface area contributed by atoms with Gasteiger partial charge in [0.1, 0.15) is 24.1 Å². The SMILES string of the molecule is C[C@@H]1C[C@H](F)c2ncnc(N3CCN(C(=O)C(c4ccc(Cl)c(F)c4)C4CCCN4)CC3)c21. The number of rotatable bonds is 4. The third kappa shape index (κ3) is 4.19. The molecule has 33 heavy (non-hydrogen) atoms. The highest BCUT2D eigenvalue weighted by Crippen LogP contribution is 2.44. The normalized spacial score (nSPS) is 25.9. The molecule has 1 aromatic carbocycles. The average molecular weight is 476 g/mol. The number of alkyl halides is 1. The molecular weight excluding hydrogens is 448 g/mol. The largest absolute Gasteiger partial charge is 0.353 e. The number of hydrogen-bond donors (Lipinski definition) is 1. The highest BCUT2D eigenvalue weighted by molar-refractivity contribution is 6.30. The van der Waals surface area contributed by atoms with E-state index >= 15 is 0 Å². The molecule has 2 fully saturated rings. The van der Waals surface area contributed by atoms with Gasteiger partial charge in [0, 0.05) is 37.8 Å². The molecule has 5 rings (SSSR count). The van der Waals surface area contributed by atoms with Gasteiger partial charge in [0.15, 0.2) is 0 Å². The number of halogens is 3. The van der Waals surface area contributed by atoms with Gasteiger partial charge in [-0.3, -0.25) is 4.79 Å². The molecule has 9 heteroatoms. The molecule has 1 aromatic heterocycles. The molecule has 6 nitrogen and oxygen atoms in total. The summed E-state index contributed by atoms with van der Waals surface area (Å²) in [5, 5.41) is 3.47. The highest BCUT2D eigenvalue weighted by atomic mass is 35.5. The van der Waals surface area contributed by atoms with E-state index in [-0.39, 0.29) is 22.9 Å². The Balaban J connectivity index is 1.34. The van der Waals surface area contributed by atoms with Crippen molar-refractivity contribution in [2.24, 2.45) is 0 Å². The molecule has 2 aromatic rings. The van der Waals surface area contributed by atoms with Crippen LogP contribution in [0.5, 0.6) is 0 Å². The molecule has 1 aliphatic carbocycles. The van der Waals surface area contributed by atoms with Gasteiger partial charge in [0.2, 0.25) is 5.91 Å². The predicted octanol–water partition coefficient (Wildman–Crippen LogP) is 3.97. The molecule has 2 saturated heterocycles. The van der Waals surface area contributed by atoms with Gasteiger partial charge in [-0.25, -0.2) is 18.7 Å². The molecule has 2 aliphatic heterocycles. The topological polar surface area (TPSA) is 61.4 Å². The molecule has 0 spiro atoms. The van der Waals surface area contributed by atoms with Crippen LogP contribution >= 0.6 is 11.6 Å². The van der Waals surface area contributed by atoms with E-state index < -0.39 is 17.9 Å². The van der Waals surface area contributed by atoms with Crippen LogP contribution in [0.25, 0.3) is 0 Å². The minimum atomic E-state index is -1.04. The standard InChI is InChI=1S/C24H28ClF2N5O/c1-14-11-18(27)22-20(14)23(30-13-29-22)31-7-9-32(10-8-31)24(33)21(19-3-2-6-28-19)15-4-5-16(25)17(26)12-15/h4-5,12-14,18-19,21,28H,2-3,6-11H2,1H3/t14-,18+,19?,21?/m1/s1. The summed E-state index contributed by atoms with van der Waals surface area (Å²) >= 11 is 5.88. The van der Waals surface area contributed by atoms with Crippen LogP contribution in [0.4, 0.5) is 14.6 Å². The second-order valence-electron chi connectivity index (χ2n) is 9.27. The first-order valence-corrected chi connectivity index (χ1v) is 12.0. The lowest BCUT2D eigenvalue weighted by Gasteiger charge is -2.38. The van der Waals surface area contributed by atoms with Crippen LogP contribution in [0.15, 0.2) is 24.5 Å². The van der Waals surface area contributed by atoms with Gasteiger partial charge < -0.3 is 15.1 Å². The number of fused-ring (bicyclic) bond motifs is 1. The van der Waals surface area contributed by atoms with Crippen LogP contribution in [0, 0.1) is 5.82 Å². The molecule has 2 unspecified atom stereocenters. The number of nitrogens with zero attached hydrogens (tertiary/aromatic N) is 4. The van der Waals surface area contributed by atoms with Crippen LogP contribution in [-0.4, -0.2) is 59.5 Å². The third-order valence-corrected chi connectivity index (χ3v) is 7.51. The molecule has 176 valence electrons. The van der Waals surface area contributed by atoms with Gasteiger partial charge >= 0.3 is 0 Å². The third-order valence-electron chi connectivity index (χ3n) is 7.20. The first-order chi connectivity index (χ1) is 15.9. The number of carbonyl (C=O) groups excluding carboxylic acids is 1. The zero-order valence-corrected chi connectivity index (χ0v) is 19.4. The lowest BCUT2D eigenvalue weighted by Crippen LogP contribution is -2.52. The van der Waals surface area contributed by atoms with Crippen molar-refractivity contribution in [3.63, 3.8) is 0 Å². The molecule has 4 atom stereocenters. The molecule has 3 heterocycles. The first-order valence-electron chi connectivity index (χ1n) is 11.6. The van der Waals surface area contributed by atoms with Crippen LogP contribution in [0.3, 0.4) is 0 Å². The Kier molecular flexibility index (Phi) is 6.22. The van der Waals surface area contributed by atoms with E-state index in [0.29, 0.717) is 43.9 Å². The van der Waals surface area contributed by atoms with E-state index in [1.807, 2.05) is 11.8 Å². The maximum absolute atomic E-state index is 14.3. The van der Waals surface area contributed by atoms with Crippen molar-refractivity contribution in [2.75, 3.05) is 37.6 Å². The molecule has 0 bridgehead atoms. The van der Waals surface area contributed by atoms with Gasteiger partial charge in [-0.1, -0.05) is 24.6 Å². The fourth-order valence-electron chi connectivity index (χ4n) is 5.50. The van der Waals surface area contributed by atoms with E-state index in [1.54, 1.807) is 6.07 Å². The van der Waals surface area contributed by atoms with Gasteiger partial charge in [0.25, 0.3) is 0 Å². The minimum absolute atomic E-state index is 0.000814. The van der Waals surface area contributed by atoms with Gasteiger partial charge in [0.05, 0.1) is 16.6 Å². The summed E-state index contributed by atoms with van der Waals surface area (Å²) in [5.74, 6) is -0.105. The van der Waals surface area contributed by atoms with Crippen LogP contribution in [0.1, 0.15) is 61.0 Å². The smallest absolute Gasteiger partial charge is 0.231 e.